The van der Waals surface area contributed by atoms with E-state index in [9.17, 15) is 29.1 Å². The van der Waals surface area contributed by atoms with Crippen molar-refractivity contribution in [2.45, 2.75) is 123 Å². The minimum Gasteiger partial charge on any atom is -0.480 e. The molecule has 0 aromatic heterocycles. The van der Waals surface area contributed by atoms with E-state index in [2.05, 4.69) is 16.0 Å². The molecule has 1 saturated heterocycles. The number of amides is 4. The largest absolute Gasteiger partial charge is 0.480 e. The minimum atomic E-state index is -1.14. The second kappa shape index (κ2) is 21.2. The van der Waals surface area contributed by atoms with Crippen molar-refractivity contribution in [3.63, 3.8) is 0 Å². The Kier molecular flexibility index (Phi) is 18.2. The molecular formula is C39H65N5O8. The molecule has 0 spiro atoms. The summed E-state index contributed by atoms with van der Waals surface area (Å²) in [4.78, 5) is 70.3. The topological polar surface area (TPSA) is 167 Å². The standard InChI is InChI=1S/C39H65N5O8/c1-12-25(6)34(43(9)38(48)33(24(4)5)42-37(47)32(40-8)23(2)3)30(51-10)22-31(45)44-20-16-19-29(44)35(52-11)26(7)36(46)41-28(39(49)50)21-27-17-14-13-15-18-27/h13-15,17-18,23-26,28-30,32-35,40H,12,16,19-22H2,1-11H3,(H,41,46)(H,42,47)(H,49,50)/t25-,26-,28-,29-,30+,32-,33-,34-,35-/m0/s1. The molecule has 0 unspecified atom stereocenters. The van der Waals surface area contributed by atoms with Gasteiger partial charge in [0, 0.05) is 34.2 Å². The average molecular weight is 732 g/mol. The van der Waals surface area contributed by atoms with Crippen molar-refractivity contribution in [2.75, 3.05) is 34.9 Å². The molecule has 1 heterocycles. The highest BCUT2D eigenvalue weighted by Gasteiger charge is 2.43. The summed E-state index contributed by atoms with van der Waals surface area (Å²) < 4.78 is 11.8. The van der Waals surface area contributed by atoms with E-state index in [0.717, 1.165) is 12.0 Å². The molecule has 1 aromatic rings. The Labute approximate surface area is 310 Å². The lowest BCUT2D eigenvalue weighted by atomic mass is 9.89. The first-order valence-electron chi connectivity index (χ1n) is 18.7. The third-order valence-corrected chi connectivity index (χ3v) is 10.6. The number of carbonyl (C=O) groups is 5. The van der Waals surface area contributed by atoms with Gasteiger partial charge in [-0.25, -0.2) is 4.79 Å². The number of likely N-dealkylation sites (tertiary alicyclic amines) is 1. The molecule has 9 atom stereocenters. The van der Waals surface area contributed by atoms with Crippen LogP contribution in [0.25, 0.3) is 0 Å². The van der Waals surface area contributed by atoms with Crippen molar-refractivity contribution in [3.8, 4) is 0 Å². The van der Waals surface area contributed by atoms with Crippen LogP contribution in [0.2, 0.25) is 0 Å². The fourth-order valence-electron chi connectivity index (χ4n) is 7.40. The summed E-state index contributed by atoms with van der Waals surface area (Å²) in [5.74, 6) is -3.27. The Morgan fingerprint density at radius 2 is 1.54 bits per heavy atom. The van der Waals surface area contributed by atoms with Gasteiger partial charge >= 0.3 is 5.97 Å². The number of carbonyl (C=O) groups excluding carboxylic acids is 4. The van der Waals surface area contributed by atoms with E-state index in [0.29, 0.717) is 19.4 Å². The van der Waals surface area contributed by atoms with E-state index in [1.54, 1.807) is 30.8 Å². The first kappa shape index (κ1) is 44.6. The minimum absolute atomic E-state index is 0.0112. The van der Waals surface area contributed by atoms with Crippen molar-refractivity contribution in [3.05, 3.63) is 35.9 Å². The zero-order valence-corrected chi connectivity index (χ0v) is 33.2. The molecule has 0 bridgehead atoms. The van der Waals surface area contributed by atoms with E-state index in [4.69, 9.17) is 9.47 Å². The number of likely N-dealkylation sites (N-methyl/N-ethyl adjacent to an activating group) is 2. The normalized spacial score (nSPS) is 19.2. The van der Waals surface area contributed by atoms with E-state index < -0.39 is 60.2 Å². The number of nitrogens with zero attached hydrogens (tertiary/aromatic N) is 2. The lowest BCUT2D eigenvalue weighted by molar-refractivity contribution is -0.148. The number of hydrogen-bond donors (Lipinski definition) is 4. The third-order valence-electron chi connectivity index (χ3n) is 10.6. The predicted molar refractivity (Wildman–Crippen MR) is 200 cm³/mol. The first-order valence-corrected chi connectivity index (χ1v) is 18.7. The molecule has 2 rings (SSSR count). The van der Waals surface area contributed by atoms with Crippen LogP contribution in [0.15, 0.2) is 30.3 Å². The molecule has 13 nitrogen and oxygen atoms in total. The summed E-state index contributed by atoms with van der Waals surface area (Å²) >= 11 is 0. The van der Waals surface area contributed by atoms with Crippen molar-refractivity contribution in [1.82, 2.24) is 25.8 Å². The number of benzene rings is 1. The molecule has 4 N–H and O–H groups in total. The molecule has 1 fully saturated rings. The smallest absolute Gasteiger partial charge is 0.326 e. The quantitative estimate of drug-likeness (QED) is 0.149. The Hall–Kier alpha value is -3.55. The first-order chi connectivity index (χ1) is 24.5. The number of ether oxygens (including phenoxy) is 2. The molecule has 0 radical (unpaired) electrons. The van der Waals surface area contributed by atoms with Crippen molar-refractivity contribution >= 4 is 29.6 Å². The van der Waals surface area contributed by atoms with Crippen LogP contribution in [0.5, 0.6) is 0 Å². The molecule has 1 aliphatic rings. The average Bonchev–Trinajstić information content (AvgIpc) is 3.59. The predicted octanol–water partition coefficient (Wildman–Crippen LogP) is 3.10. The summed E-state index contributed by atoms with van der Waals surface area (Å²) in [7, 11) is 6.46. The van der Waals surface area contributed by atoms with Gasteiger partial charge in [0.25, 0.3) is 0 Å². The molecule has 52 heavy (non-hydrogen) atoms. The van der Waals surface area contributed by atoms with Crippen LogP contribution in [0.1, 0.15) is 79.7 Å². The number of aliphatic carboxylic acids is 1. The summed E-state index contributed by atoms with van der Waals surface area (Å²) in [6.07, 6.45) is 0.818. The van der Waals surface area contributed by atoms with E-state index in [1.807, 2.05) is 71.9 Å². The zero-order valence-electron chi connectivity index (χ0n) is 33.2. The molecular weight excluding hydrogens is 666 g/mol. The maximum absolute atomic E-state index is 14.1. The van der Waals surface area contributed by atoms with Crippen LogP contribution >= 0.6 is 0 Å². The highest BCUT2D eigenvalue weighted by Crippen LogP contribution is 2.29. The Morgan fingerprint density at radius 1 is 0.923 bits per heavy atom. The van der Waals surface area contributed by atoms with E-state index >= 15 is 0 Å². The summed E-state index contributed by atoms with van der Waals surface area (Å²) in [5.41, 5.74) is 0.785. The van der Waals surface area contributed by atoms with Gasteiger partial charge in [-0.1, -0.05) is 85.2 Å². The number of methoxy groups -OCH3 is 2. The van der Waals surface area contributed by atoms with Crippen LogP contribution in [0.4, 0.5) is 0 Å². The molecule has 0 saturated carbocycles. The van der Waals surface area contributed by atoms with Gasteiger partial charge in [-0.2, -0.15) is 0 Å². The van der Waals surface area contributed by atoms with E-state index in [-0.39, 0.29) is 48.3 Å². The Bertz CT molecular complexity index is 1310. The highest BCUT2D eigenvalue weighted by molar-refractivity contribution is 5.90. The van der Waals surface area contributed by atoms with Gasteiger partial charge in [0.15, 0.2) is 0 Å². The van der Waals surface area contributed by atoms with Gasteiger partial charge in [-0.3, -0.25) is 19.2 Å². The maximum Gasteiger partial charge on any atom is 0.326 e. The second-order valence-corrected chi connectivity index (χ2v) is 14.9. The zero-order chi connectivity index (χ0) is 39.3. The third kappa shape index (κ3) is 11.7. The molecule has 294 valence electrons. The van der Waals surface area contributed by atoms with Crippen LogP contribution in [0.3, 0.4) is 0 Å². The Morgan fingerprint density at radius 3 is 2.04 bits per heavy atom. The molecule has 0 aliphatic carbocycles. The van der Waals surface area contributed by atoms with Crippen LogP contribution in [-0.4, -0.2) is 122 Å². The highest BCUT2D eigenvalue weighted by atomic mass is 16.5. The van der Waals surface area contributed by atoms with Crippen LogP contribution < -0.4 is 16.0 Å². The SMILES string of the molecule is CC[C@H](C)[C@@H]([C@@H](CC(=O)N1CCC[C@H]1[C@@H](OC)[C@H](C)C(=O)N[C@@H](Cc1ccccc1)C(=O)O)OC)N(C)C(=O)[C@@H](NC(=O)[C@@H](NC)C(C)C)C(C)C. The molecule has 13 heteroatoms. The fraction of sp³-hybridized carbons (Fsp3) is 0.718. The molecule has 4 amide bonds. The van der Waals surface area contributed by atoms with Crippen LogP contribution in [-0.2, 0) is 39.9 Å². The van der Waals surface area contributed by atoms with Gasteiger partial charge in [0.05, 0.1) is 42.7 Å². The van der Waals surface area contributed by atoms with Crippen molar-refractivity contribution in [1.29, 1.82) is 0 Å². The summed E-state index contributed by atoms with van der Waals surface area (Å²) in [6, 6.07) is 5.84. The van der Waals surface area contributed by atoms with Gasteiger partial charge in [-0.15, -0.1) is 0 Å². The van der Waals surface area contributed by atoms with Gasteiger partial charge in [-0.05, 0) is 43.2 Å². The summed E-state index contributed by atoms with van der Waals surface area (Å²) in [5, 5.41) is 18.5. The summed E-state index contributed by atoms with van der Waals surface area (Å²) in [6.45, 7) is 13.9. The van der Waals surface area contributed by atoms with Gasteiger partial charge in [0.1, 0.15) is 12.1 Å². The van der Waals surface area contributed by atoms with Crippen molar-refractivity contribution in [2.24, 2.45) is 23.7 Å². The molecule has 1 aromatic carbocycles. The number of carboxylic acid groups (broad SMARTS) is 1. The number of nitrogens with one attached hydrogen (secondary N) is 3. The van der Waals surface area contributed by atoms with Crippen molar-refractivity contribution < 1.29 is 38.6 Å². The van der Waals surface area contributed by atoms with Crippen LogP contribution in [0, 0.1) is 23.7 Å². The van der Waals surface area contributed by atoms with Gasteiger partial charge in [0.2, 0.25) is 23.6 Å². The Balaban J connectivity index is 2.26. The number of rotatable bonds is 21. The maximum atomic E-state index is 14.1. The second-order valence-electron chi connectivity index (χ2n) is 14.9. The van der Waals surface area contributed by atoms with E-state index in [1.165, 1.54) is 14.2 Å². The lowest BCUT2D eigenvalue weighted by Gasteiger charge is -2.41. The number of hydrogen-bond acceptors (Lipinski definition) is 8. The van der Waals surface area contributed by atoms with Gasteiger partial charge < -0.3 is 40.3 Å². The fourth-order valence-corrected chi connectivity index (χ4v) is 7.40. The molecule has 1 aliphatic heterocycles. The monoisotopic (exact) mass is 731 g/mol. The number of carboxylic acids is 1. The lowest BCUT2D eigenvalue weighted by Crippen LogP contribution is -2.59.